The Kier molecular flexibility index (Phi) is 5.03. The van der Waals surface area contributed by atoms with E-state index in [-0.39, 0.29) is 11.9 Å². The number of aryl methyl sites for hydroxylation is 2. The lowest BCUT2D eigenvalue weighted by Crippen LogP contribution is -2.38. The standard InChI is InChI=1S/C20H23N5OS/c1-3-9-22-19(26)12(2)23-18-16-14-7-4-8-15(14)27-20(16)25-17(24-18)13-6-5-10-21-11-13/h5-6,10-12H,3-4,7-9H2,1-2H3,(H,22,26)(H,23,24,25)/t12-/m1/s1. The van der Waals surface area contributed by atoms with E-state index in [0.29, 0.717) is 12.4 Å². The van der Waals surface area contributed by atoms with E-state index in [1.165, 1.54) is 16.9 Å². The van der Waals surface area contributed by atoms with Crippen LogP contribution in [0.1, 0.15) is 37.1 Å². The maximum atomic E-state index is 12.3. The molecule has 0 saturated carbocycles. The van der Waals surface area contributed by atoms with Crippen LogP contribution in [0.3, 0.4) is 0 Å². The Morgan fingerprint density at radius 1 is 1.33 bits per heavy atom. The molecule has 1 amide bonds. The van der Waals surface area contributed by atoms with Crippen LogP contribution in [0.2, 0.25) is 0 Å². The van der Waals surface area contributed by atoms with Gasteiger partial charge in [0.25, 0.3) is 0 Å². The van der Waals surface area contributed by atoms with Gasteiger partial charge >= 0.3 is 0 Å². The van der Waals surface area contributed by atoms with Crippen LogP contribution in [-0.2, 0) is 17.6 Å². The molecule has 3 heterocycles. The van der Waals surface area contributed by atoms with E-state index in [1.807, 2.05) is 26.0 Å². The molecule has 1 aliphatic carbocycles. The summed E-state index contributed by atoms with van der Waals surface area (Å²) >= 11 is 1.75. The Hall–Kier alpha value is -2.54. The molecule has 1 aliphatic rings. The number of aromatic nitrogens is 3. The van der Waals surface area contributed by atoms with Crippen molar-refractivity contribution >= 4 is 33.3 Å². The van der Waals surface area contributed by atoms with Gasteiger partial charge in [-0.05, 0) is 50.3 Å². The second-order valence-corrected chi connectivity index (χ2v) is 7.92. The highest BCUT2D eigenvalue weighted by molar-refractivity contribution is 7.19. The highest BCUT2D eigenvalue weighted by Crippen LogP contribution is 2.40. The second-order valence-electron chi connectivity index (χ2n) is 6.83. The molecule has 3 aromatic rings. The number of rotatable bonds is 6. The number of pyridine rings is 1. The normalized spacial score (nSPS) is 14.1. The van der Waals surface area contributed by atoms with E-state index in [1.54, 1.807) is 23.7 Å². The molecule has 27 heavy (non-hydrogen) atoms. The van der Waals surface area contributed by atoms with Gasteiger partial charge in [0.15, 0.2) is 5.82 Å². The zero-order valence-corrected chi connectivity index (χ0v) is 16.4. The summed E-state index contributed by atoms with van der Waals surface area (Å²) in [4.78, 5) is 28.5. The van der Waals surface area contributed by atoms with Gasteiger partial charge in [-0.1, -0.05) is 6.92 Å². The highest BCUT2D eigenvalue weighted by atomic mass is 32.1. The SMILES string of the molecule is CCCNC(=O)[C@@H](C)Nc1nc(-c2cccnc2)nc2sc3c(c12)CCC3. The molecule has 7 heteroatoms. The first-order chi connectivity index (χ1) is 13.2. The lowest BCUT2D eigenvalue weighted by molar-refractivity contribution is -0.121. The van der Waals surface area contributed by atoms with Crippen molar-refractivity contribution < 1.29 is 4.79 Å². The largest absolute Gasteiger partial charge is 0.358 e. The zero-order chi connectivity index (χ0) is 18.8. The van der Waals surface area contributed by atoms with E-state index < -0.39 is 0 Å². The Morgan fingerprint density at radius 3 is 3.00 bits per heavy atom. The summed E-state index contributed by atoms with van der Waals surface area (Å²) in [5.74, 6) is 1.37. The number of thiophene rings is 1. The van der Waals surface area contributed by atoms with Crippen LogP contribution in [0.15, 0.2) is 24.5 Å². The van der Waals surface area contributed by atoms with Crippen molar-refractivity contribution in [2.75, 3.05) is 11.9 Å². The minimum Gasteiger partial charge on any atom is -0.358 e. The molecule has 6 nitrogen and oxygen atoms in total. The summed E-state index contributed by atoms with van der Waals surface area (Å²) in [6.45, 7) is 4.59. The minimum atomic E-state index is -0.367. The van der Waals surface area contributed by atoms with Crippen LogP contribution in [0.5, 0.6) is 0 Å². The predicted molar refractivity (Wildman–Crippen MR) is 109 cm³/mol. The Morgan fingerprint density at radius 2 is 2.22 bits per heavy atom. The maximum Gasteiger partial charge on any atom is 0.242 e. The van der Waals surface area contributed by atoms with Crippen molar-refractivity contribution in [1.82, 2.24) is 20.3 Å². The highest BCUT2D eigenvalue weighted by Gasteiger charge is 2.24. The fourth-order valence-electron chi connectivity index (χ4n) is 3.40. The molecular formula is C20H23N5OS. The number of hydrogen-bond acceptors (Lipinski definition) is 6. The van der Waals surface area contributed by atoms with E-state index in [2.05, 4.69) is 15.6 Å². The monoisotopic (exact) mass is 381 g/mol. The van der Waals surface area contributed by atoms with E-state index in [9.17, 15) is 4.79 Å². The van der Waals surface area contributed by atoms with Gasteiger partial charge in [0.2, 0.25) is 5.91 Å². The first-order valence-electron chi connectivity index (χ1n) is 9.44. The average molecular weight is 382 g/mol. The lowest BCUT2D eigenvalue weighted by atomic mass is 10.1. The van der Waals surface area contributed by atoms with Gasteiger partial charge in [-0.15, -0.1) is 11.3 Å². The quantitative estimate of drug-likeness (QED) is 0.682. The van der Waals surface area contributed by atoms with Gasteiger partial charge in [0.1, 0.15) is 16.7 Å². The van der Waals surface area contributed by atoms with Crippen LogP contribution in [0.4, 0.5) is 5.82 Å². The molecular weight excluding hydrogens is 358 g/mol. The fraction of sp³-hybridized carbons (Fsp3) is 0.400. The molecule has 0 saturated heterocycles. The molecule has 2 N–H and O–H groups in total. The van der Waals surface area contributed by atoms with Crippen LogP contribution in [0.25, 0.3) is 21.6 Å². The maximum absolute atomic E-state index is 12.3. The van der Waals surface area contributed by atoms with E-state index in [0.717, 1.165) is 40.9 Å². The summed E-state index contributed by atoms with van der Waals surface area (Å²) in [6.07, 6.45) is 7.75. The molecule has 0 aliphatic heterocycles. The third-order valence-corrected chi connectivity index (χ3v) is 5.97. The fourth-order valence-corrected chi connectivity index (χ4v) is 4.66. The zero-order valence-electron chi connectivity index (χ0n) is 15.6. The Balaban J connectivity index is 1.76. The molecule has 0 radical (unpaired) electrons. The molecule has 1 atom stereocenters. The number of fused-ring (bicyclic) bond motifs is 3. The van der Waals surface area contributed by atoms with Crippen molar-refractivity contribution in [3.63, 3.8) is 0 Å². The van der Waals surface area contributed by atoms with Gasteiger partial charge in [-0.2, -0.15) is 0 Å². The number of amides is 1. The number of carbonyl (C=O) groups excluding carboxylic acids is 1. The third kappa shape index (κ3) is 3.51. The third-order valence-electron chi connectivity index (χ3n) is 4.78. The molecule has 3 aromatic heterocycles. The number of anilines is 1. The first kappa shape index (κ1) is 17.9. The topological polar surface area (TPSA) is 79.8 Å². The summed E-state index contributed by atoms with van der Waals surface area (Å²) in [5.41, 5.74) is 2.22. The summed E-state index contributed by atoms with van der Waals surface area (Å²) in [7, 11) is 0. The van der Waals surface area contributed by atoms with Crippen molar-refractivity contribution in [2.24, 2.45) is 0 Å². The van der Waals surface area contributed by atoms with E-state index >= 15 is 0 Å². The van der Waals surface area contributed by atoms with Crippen LogP contribution < -0.4 is 10.6 Å². The molecule has 0 spiro atoms. The molecule has 140 valence electrons. The van der Waals surface area contributed by atoms with Gasteiger partial charge in [0.05, 0.1) is 5.39 Å². The van der Waals surface area contributed by atoms with Crippen molar-refractivity contribution in [3.8, 4) is 11.4 Å². The number of nitrogens with zero attached hydrogens (tertiary/aromatic N) is 3. The second kappa shape index (κ2) is 7.60. The van der Waals surface area contributed by atoms with Gasteiger partial charge in [-0.3, -0.25) is 9.78 Å². The van der Waals surface area contributed by atoms with E-state index in [4.69, 9.17) is 9.97 Å². The Labute approximate surface area is 162 Å². The number of hydrogen-bond donors (Lipinski definition) is 2. The number of nitrogens with one attached hydrogen (secondary N) is 2. The molecule has 0 bridgehead atoms. The minimum absolute atomic E-state index is 0.0154. The summed E-state index contributed by atoms with van der Waals surface area (Å²) in [5, 5.41) is 7.36. The average Bonchev–Trinajstić information content (AvgIpc) is 3.27. The van der Waals surface area contributed by atoms with Crippen molar-refractivity contribution in [1.29, 1.82) is 0 Å². The lowest BCUT2D eigenvalue weighted by Gasteiger charge is -2.16. The van der Waals surface area contributed by atoms with Crippen LogP contribution >= 0.6 is 11.3 Å². The summed E-state index contributed by atoms with van der Waals surface area (Å²) in [6, 6.07) is 3.47. The van der Waals surface area contributed by atoms with Gasteiger partial charge in [0, 0.05) is 29.4 Å². The van der Waals surface area contributed by atoms with Gasteiger partial charge in [-0.25, -0.2) is 9.97 Å². The Bertz CT molecular complexity index is 969. The molecule has 0 fully saturated rings. The number of carbonyl (C=O) groups is 1. The molecule has 0 aromatic carbocycles. The van der Waals surface area contributed by atoms with Gasteiger partial charge < -0.3 is 10.6 Å². The first-order valence-corrected chi connectivity index (χ1v) is 10.3. The summed E-state index contributed by atoms with van der Waals surface area (Å²) < 4.78 is 0. The van der Waals surface area contributed by atoms with Crippen LogP contribution in [0, 0.1) is 0 Å². The smallest absolute Gasteiger partial charge is 0.242 e. The van der Waals surface area contributed by atoms with Crippen LogP contribution in [-0.4, -0.2) is 33.4 Å². The molecule has 4 rings (SSSR count). The van der Waals surface area contributed by atoms with Crippen molar-refractivity contribution in [2.45, 2.75) is 45.6 Å². The molecule has 0 unspecified atom stereocenters. The predicted octanol–water partition coefficient (Wildman–Crippen LogP) is 3.57. The van der Waals surface area contributed by atoms with Crippen molar-refractivity contribution in [3.05, 3.63) is 35.0 Å².